The second kappa shape index (κ2) is 31.2. The highest BCUT2D eigenvalue weighted by Crippen LogP contribution is 2.21. The molecular formula is C46H83N13O11. The third-order valence-electron chi connectivity index (χ3n) is 11.8. The Morgan fingerprint density at radius 3 is 1.83 bits per heavy atom. The van der Waals surface area contributed by atoms with Crippen LogP contribution in [0.2, 0.25) is 0 Å². The number of nitrogens with two attached hydrogens (primary N) is 2. The summed E-state index contributed by atoms with van der Waals surface area (Å²) in [6.45, 7) is 16.6. The number of likely N-dealkylation sites (tertiary alicyclic amines) is 1. The summed E-state index contributed by atoms with van der Waals surface area (Å²) in [7, 11) is 1.42. The summed E-state index contributed by atoms with van der Waals surface area (Å²) in [4.78, 5) is 140. The van der Waals surface area contributed by atoms with Crippen molar-refractivity contribution in [3.8, 4) is 0 Å². The van der Waals surface area contributed by atoms with E-state index in [1.54, 1.807) is 48.5 Å². The smallest absolute Gasteiger partial charge is 0.245 e. The summed E-state index contributed by atoms with van der Waals surface area (Å²) in [5.41, 5.74) is 11.0. The number of aliphatic hydroxyl groups is 1. The van der Waals surface area contributed by atoms with E-state index in [9.17, 15) is 53.1 Å². The molecule has 1 aliphatic heterocycles. The van der Waals surface area contributed by atoms with Crippen LogP contribution in [0.3, 0.4) is 0 Å². The summed E-state index contributed by atoms with van der Waals surface area (Å²) < 4.78 is 0. The van der Waals surface area contributed by atoms with Crippen molar-refractivity contribution in [1.82, 2.24) is 52.3 Å². The number of hydrogen-bond donors (Lipinski definition) is 11. The zero-order valence-corrected chi connectivity index (χ0v) is 43.1. The van der Waals surface area contributed by atoms with Gasteiger partial charge in [-0.25, -0.2) is 0 Å². The van der Waals surface area contributed by atoms with Crippen LogP contribution < -0.4 is 54.0 Å². The third kappa shape index (κ3) is 21.3. The summed E-state index contributed by atoms with van der Waals surface area (Å²) in [6, 6.07) is -8.30. The van der Waals surface area contributed by atoms with Crippen LogP contribution in [0.15, 0.2) is 4.99 Å². The topological polar surface area (TPSA) is 358 Å². The Kier molecular flexibility index (Phi) is 27.6. The van der Waals surface area contributed by atoms with Crippen LogP contribution in [0, 0.1) is 17.8 Å². The van der Waals surface area contributed by atoms with Crippen molar-refractivity contribution < 1.29 is 53.1 Å². The van der Waals surface area contributed by atoms with Crippen molar-refractivity contribution in [1.29, 1.82) is 0 Å². The Morgan fingerprint density at radius 1 is 0.714 bits per heavy atom. The molecule has 0 saturated carbocycles. The Bertz CT molecular complexity index is 1820. The van der Waals surface area contributed by atoms with Gasteiger partial charge in [0.15, 0.2) is 5.96 Å². The van der Waals surface area contributed by atoms with Crippen LogP contribution in [0.5, 0.6) is 0 Å². The first-order valence-corrected chi connectivity index (χ1v) is 24.4. The minimum absolute atomic E-state index is 0.0830. The van der Waals surface area contributed by atoms with Crippen molar-refractivity contribution in [2.24, 2.45) is 34.2 Å². The fourth-order valence-electron chi connectivity index (χ4n) is 7.54. The molecule has 1 fully saturated rings. The Balaban J connectivity index is 3.30. The lowest BCUT2D eigenvalue weighted by molar-refractivity contribution is -0.142. The predicted molar refractivity (Wildman–Crippen MR) is 262 cm³/mol. The quantitative estimate of drug-likeness (QED) is 0.0203. The molecule has 0 radical (unpaired) electrons. The average molecular weight is 994 g/mol. The summed E-state index contributed by atoms with van der Waals surface area (Å²) in [6.07, 6.45) is 0.928. The van der Waals surface area contributed by atoms with Gasteiger partial charge in [0.2, 0.25) is 59.1 Å². The van der Waals surface area contributed by atoms with Crippen LogP contribution in [0.1, 0.15) is 121 Å². The number of likely N-dealkylation sites (N-methyl/N-ethyl adjacent to an activating group) is 2. The molecule has 24 nitrogen and oxygen atoms in total. The van der Waals surface area contributed by atoms with Crippen LogP contribution in [0.25, 0.3) is 0 Å². The van der Waals surface area contributed by atoms with Gasteiger partial charge in [0.25, 0.3) is 0 Å². The fraction of sp³-hybridized carbons (Fsp3) is 0.761. The first-order valence-electron chi connectivity index (χ1n) is 24.4. The van der Waals surface area contributed by atoms with Crippen LogP contribution in [-0.4, -0.2) is 168 Å². The molecule has 0 bridgehead atoms. The Hall–Kier alpha value is -6.07. The average Bonchev–Trinajstić information content (AvgIpc) is 3.78. The van der Waals surface area contributed by atoms with E-state index in [1.807, 2.05) is 6.92 Å². The predicted octanol–water partition coefficient (Wildman–Crippen LogP) is -2.40. The summed E-state index contributed by atoms with van der Waals surface area (Å²) in [5, 5.41) is 31.8. The number of carbonyl (C=O) groups is 10. The van der Waals surface area contributed by atoms with Gasteiger partial charge in [0.1, 0.15) is 42.3 Å². The molecular weight excluding hydrogens is 911 g/mol. The van der Waals surface area contributed by atoms with E-state index in [0.29, 0.717) is 45.2 Å². The molecule has 70 heavy (non-hydrogen) atoms. The number of nitrogens with one attached hydrogen (secondary N) is 8. The van der Waals surface area contributed by atoms with Gasteiger partial charge in [-0.3, -0.25) is 52.9 Å². The monoisotopic (exact) mass is 994 g/mol. The van der Waals surface area contributed by atoms with Gasteiger partial charge in [-0.05, 0) is 70.1 Å². The normalized spacial score (nSPS) is 16.7. The summed E-state index contributed by atoms with van der Waals surface area (Å²) in [5.74, 6) is -7.60. The zero-order valence-electron chi connectivity index (χ0n) is 43.1. The third-order valence-corrected chi connectivity index (χ3v) is 11.8. The van der Waals surface area contributed by atoms with E-state index < -0.39 is 114 Å². The minimum atomic E-state index is -1.62. The van der Waals surface area contributed by atoms with Gasteiger partial charge in [-0.1, -0.05) is 61.3 Å². The van der Waals surface area contributed by atoms with Gasteiger partial charge in [0.05, 0.1) is 19.2 Å². The molecule has 0 aliphatic carbocycles. The minimum Gasteiger partial charge on any atom is -0.391 e. The molecule has 1 heterocycles. The van der Waals surface area contributed by atoms with Gasteiger partial charge < -0.3 is 68.9 Å². The molecule has 13 N–H and O–H groups in total. The molecule has 0 unspecified atom stereocenters. The van der Waals surface area contributed by atoms with Crippen molar-refractivity contribution in [2.75, 3.05) is 39.8 Å². The number of nitrogens with zero attached hydrogens (tertiary/aromatic N) is 3. The lowest BCUT2D eigenvalue weighted by atomic mass is 9.96. The van der Waals surface area contributed by atoms with E-state index >= 15 is 0 Å². The van der Waals surface area contributed by atoms with Crippen LogP contribution in [-0.2, 0) is 47.9 Å². The van der Waals surface area contributed by atoms with E-state index in [2.05, 4.69) is 47.5 Å². The van der Waals surface area contributed by atoms with Crippen molar-refractivity contribution in [3.05, 3.63) is 0 Å². The Morgan fingerprint density at radius 2 is 1.29 bits per heavy atom. The maximum Gasteiger partial charge on any atom is 0.245 e. The molecule has 0 aromatic rings. The highest BCUT2D eigenvalue weighted by Gasteiger charge is 2.40. The van der Waals surface area contributed by atoms with Gasteiger partial charge in [-0.15, -0.1) is 0 Å². The first-order chi connectivity index (χ1) is 32.8. The SMILES string of the molecule is CCC[C@H](NC(=O)[C@H](NC(=O)[C@@H](CC(C)C)NC(=O)[C@@H](NC(=O)CNC(=O)CN(C)C(C)=O)C(C)C)[C@@H](C)O)C(=O)N[C@H](C(=O)N[C@@H](CCCN=C(N)N)C(=O)N1CCC[C@H]1C(=O)NCC)[C@@H](C)CC. The number of guanidine groups is 1. The number of aliphatic imine (C=N–C) groups is 1. The van der Waals surface area contributed by atoms with E-state index in [0.717, 1.165) is 4.90 Å². The second-order valence-corrected chi connectivity index (χ2v) is 18.7. The molecule has 10 amide bonds. The number of carbonyl (C=O) groups excluding carboxylic acids is 10. The van der Waals surface area contributed by atoms with Gasteiger partial charge in [0, 0.05) is 33.6 Å². The van der Waals surface area contributed by atoms with Gasteiger partial charge >= 0.3 is 0 Å². The standard InChI is InChI=1S/C46H83N13O11/c1-12-17-30(39(64)56-37(27(8)13-2)43(68)53-31(18-15-20-50-46(47)48)45(70)59-21-16-19-33(59)41(66)49-14-3)52-44(69)38(28(9)60)57-40(65)32(22-25(4)5)54-42(67)36(26(6)7)55-34(62)23-51-35(63)24-58(11)29(10)61/h25-28,30-33,36-38,60H,12-24H2,1-11H3,(H,49,66)(H,51,63)(H,52,69)(H,53,68)(H,54,67)(H,55,62)(H,56,64)(H,57,65)(H4,47,48,50)/t27-,28+,30-,31-,32+,33-,36-,37-,38+/m0/s1. The molecule has 0 spiro atoms. The molecule has 0 aromatic heterocycles. The largest absolute Gasteiger partial charge is 0.391 e. The zero-order chi connectivity index (χ0) is 53.4. The molecule has 1 saturated heterocycles. The molecule has 1 rings (SSSR count). The second-order valence-electron chi connectivity index (χ2n) is 18.7. The highest BCUT2D eigenvalue weighted by atomic mass is 16.3. The molecule has 0 aromatic carbocycles. The number of aliphatic hydroxyl groups excluding tert-OH is 1. The van der Waals surface area contributed by atoms with Crippen LogP contribution in [0.4, 0.5) is 0 Å². The lowest BCUT2D eigenvalue weighted by Gasteiger charge is -2.31. The molecule has 24 heteroatoms. The van der Waals surface area contributed by atoms with Crippen molar-refractivity contribution >= 4 is 65.0 Å². The van der Waals surface area contributed by atoms with Crippen LogP contribution >= 0.6 is 0 Å². The van der Waals surface area contributed by atoms with Gasteiger partial charge in [-0.2, -0.15) is 0 Å². The number of rotatable bonds is 30. The van der Waals surface area contributed by atoms with E-state index in [-0.39, 0.29) is 56.0 Å². The van der Waals surface area contributed by atoms with E-state index in [4.69, 9.17) is 11.5 Å². The number of amides is 10. The number of hydrogen-bond acceptors (Lipinski definition) is 12. The fourth-order valence-corrected chi connectivity index (χ4v) is 7.54. The van der Waals surface area contributed by atoms with Crippen molar-refractivity contribution in [3.63, 3.8) is 0 Å². The molecule has 1 aliphatic rings. The first kappa shape index (κ1) is 61.9. The Labute approximate surface area is 412 Å². The molecule has 398 valence electrons. The molecule has 9 atom stereocenters. The van der Waals surface area contributed by atoms with E-state index in [1.165, 1.54) is 25.8 Å². The summed E-state index contributed by atoms with van der Waals surface area (Å²) >= 11 is 0. The maximum absolute atomic E-state index is 14.2. The highest BCUT2D eigenvalue weighted by molar-refractivity contribution is 5.98. The maximum atomic E-state index is 14.2. The van der Waals surface area contributed by atoms with Crippen molar-refractivity contribution in [2.45, 2.75) is 169 Å². The lowest BCUT2D eigenvalue weighted by Crippen LogP contribution is -2.62.